The van der Waals surface area contributed by atoms with Gasteiger partial charge in [0.15, 0.2) is 0 Å². The van der Waals surface area contributed by atoms with Crippen molar-refractivity contribution in [3.8, 4) is 6.07 Å². The lowest BCUT2D eigenvalue weighted by Crippen LogP contribution is -2.33. The summed E-state index contributed by atoms with van der Waals surface area (Å²) in [5, 5.41) is 17.3. The largest absolute Gasteiger partial charge is 0.377 e. The summed E-state index contributed by atoms with van der Waals surface area (Å²) in [6.45, 7) is 7.56. The normalized spacial score (nSPS) is 14.8. The Kier molecular flexibility index (Phi) is 7.91. The number of rotatable bonds is 9. The third-order valence-electron chi connectivity index (χ3n) is 5.96. The minimum atomic E-state index is -0.194. The molecule has 5 N–H and O–H groups in total. The summed E-state index contributed by atoms with van der Waals surface area (Å²) < 4.78 is 0. The molecule has 1 heterocycles. The molecule has 0 radical (unpaired) electrons. The molecule has 4 rings (SSSR count). The van der Waals surface area contributed by atoms with Crippen LogP contribution in [0.1, 0.15) is 42.6 Å². The number of hydrogen-bond donors (Lipinski definition) is 5. The lowest BCUT2D eigenvalue weighted by atomic mass is 10.0. The SMILES string of the molecule is C=Nc1c(Cl)cc(N[C@H](C2=CNNN2)c2ccccc2)cc1/C(N[C@H](C)c1ccccc1)=C(\C)C#N. The molecule has 0 bridgehead atoms. The number of hydrogen-bond acceptors (Lipinski definition) is 7. The van der Waals surface area contributed by atoms with E-state index in [0.717, 1.165) is 22.5 Å². The number of benzene rings is 3. The summed E-state index contributed by atoms with van der Waals surface area (Å²) in [6, 6.07) is 25.9. The highest BCUT2D eigenvalue weighted by Crippen LogP contribution is 2.39. The molecule has 1 aliphatic heterocycles. The molecule has 0 aliphatic carbocycles. The smallest absolute Gasteiger partial charge is 0.0966 e. The van der Waals surface area contributed by atoms with E-state index in [1.807, 2.05) is 73.8 Å². The highest BCUT2D eigenvalue weighted by molar-refractivity contribution is 6.33. The van der Waals surface area contributed by atoms with E-state index in [-0.39, 0.29) is 12.1 Å². The lowest BCUT2D eigenvalue weighted by molar-refractivity contribution is 0.583. The quantitative estimate of drug-likeness (QED) is 0.187. The Hall–Kier alpha value is -4.25. The highest BCUT2D eigenvalue weighted by atomic mass is 35.5. The second kappa shape index (κ2) is 11.5. The van der Waals surface area contributed by atoms with E-state index in [0.29, 0.717) is 27.5 Å². The van der Waals surface area contributed by atoms with E-state index >= 15 is 0 Å². The Bertz CT molecular complexity index is 1330. The fraction of sp³-hybridized carbons (Fsp3) is 0.143. The van der Waals surface area contributed by atoms with E-state index in [1.54, 1.807) is 6.92 Å². The van der Waals surface area contributed by atoms with Gasteiger partial charge in [-0.3, -0.25) is 4.99 Å². The number of aliphatic imine (C=N–C) groups is 1. The van der Waals surface area contributed by atoms with Crippen molar-refractivity contribution >= 4 is 35.4 Å². The van der Waals surface area contributed by atoms with Gasteiger partial charge in [-0.2, -0.15) is 10.8 Å². The third kappa shape index (κ3) is 5.52. The van der Waals surface area contributed by atoms with Crippen LogP contribution < -0.4 is 27.0 Å². The van der Waals surface area contributed by atoms with Gasteiger partial charge in [0.05, 0.1) is 39.8 Å². The molecular formula is C28H28ClN7. The van der Waals surface area contributed by atoms with Crippen molar-refractivity contribution in [3.63, 3.8) is 0 Å². The fourth-order valence-corrected chi connectivity index (χ4v) is 4.36. The fourth-order valence-electron chi connectivity index (χ4n) is 4.09. The van der Waals surface area contributed by atoms with Gasteiger partial charge in [0.1, 0.15) is 0 Å². The van der Waals surface area contributed by atoms with Crippen molar-refractivity contribution in [2.24, 2.45) is 4.99 Å². The van der Waals surface area contributed by atoms with Crippen molar-refractivity contribution in [2.45, 2.75) is 25.9 Å². The molecule has 3 aromatic rings. The molecule has 0 saturated heterocycles. The van der Waals surface area contributed by atoms with Crippen LogP contribution in [0.15, 0.2) is 95.3 Å². The molecule has 0 saturated carbocycles. The Morgan fingerprint density at radius 3 is 2.31 bits per heavy atom. The molecule has 182 valence electrons. The Morgan fingerprint density at radius 2 is 1.72 bits per heavy atom. The average Bonchev–Trinajstić information content (AvgIpc) is 3.45. The van der Waals surface area contributed by atoms with Crippen molar-refractivity contribution in [2.75, 3.05) is 5.32 Å². The second-order valence-corrected chi connectivity index (χ2v) is 8.79. The monoisotopic (exact) mass is 497 g/mol. The lowest BCUT2D eigenvalue weighted by Gasteiger charge is -2.24. The van der Waals surface area contributed by atoms with Crippen molar-refractivity contribution in [1.82, 2.24) is 21.7 Å². The standard InChI is InChI=1S/C28H28ClN7/c1-18(16-30)26(33-19(2)20-10-6-4-7-11-20)23-14-22(15-24(29)28(23)31-3)34-27(25-17-32-36-35-25)21-12-8-5-9-13-21/h4-15,17,19,27,32-36H,3H2,1-2H3/b26-18-/t19-,27+/m1/s1. The van der Waals surface area contributed by atoms with Crippen LogP contribution in [0, 0.1) is 11.3 Å². The van der Waals surface area contributed by atoms with Crippen LogP contribution in [-0.4, -0.2) is 6.72 Å². The first-order valence-corrected chi connectivity index (χ1v) is 11.9. The van der Waals surface area contributed by atoms with Crippen LogP contribution in [0.5, 0.6) is 0 Å². The molecular weight excluding hydrogens is 470 g/mol. The van der Waals surface area contributed by atoms with Crippen LogP contribution in [-0.2, 0) is 0 Å². The van der Waals surface area contributed by atoms with Gasteiger partial charge in [0.2, 0.25) is 0 Å². The minimum Gasteiger partial charge on any atom is -0.377 e. The molecule has 0 aromatic heterocycles. The summed E-state index contributed by atoms with van der Waals surface area (Å²) >= 11 is 6.71. The zero-order valence-electron chi connectivity index (χ0n) is 20.1. The maximum atomic E-state index is 9.82. The molecule has 2 atom stereocenters. The first-order valence-electron chi connectivity index (χ1n) is 11.5. The first-order chi connectivity index (χ1) is 17.5. The summed E-state index contributed by atoms with van der Waals surface area (Å²) in [6.07, 6.45) is 1.86. The average molecular weight is 498 g/mol. The highest BCUT2D eigenvalue weighted by Gasteiger charge is 2.22. The van der Waals surface area contributed by atoms with Crippen LogP contribution in [0.25, 0.3) is 5.70 Å². The van der Waals surface area contributed by atoms with Crippen molar-refractivity contribution in [1.29, 1.82) is 5.26 Å². The Morgan fingerprint density at radius 1 is 1.06 bits per heavy atom. The molecule has 36 heavy (non-hydrogen) atoms. The molecule has 1 aliphatic rings. The van der Waals surface area contributed by atoms with Crippen molar-refractivity contribution < 1.29 is 0 Å². The van der Waals surface area contributed by atoms with Gasteiger partial charge in [0, 0.05) is 23.5 Å². The summed E-state index contributed by atoms with van der Waals surface area (Å²) in [5.41, 5.74) is 15.2. The molecule has 0 unspecified atom stereocenters. The topological polar surface area (TPSA) is 96.3 Å². The number of hydrazine groups is 2. The van der Waals surface area contributed by atoms with Crippen molar-refractivity contribution in [3.05, 3.63) is 112 Å². The number of nitrogens with zero attached hydrogens (tertiary/aromatic N) is 2. The van der Waals surface area contributed by atoms with Crippen LogP contribution in [0.3, 0.4) is 0 Å². The number of halogens is 1. The Labute approximate surface area is 216 Å². The van der Waals surface area contributed by atoms with Gasteiger partial charge in [-0.15, -0.1) is 0 Å². The predicted octanol–water partition coefficient (Wildman–Crippen LogP) is 5.88. The second-order valence-electron chi connectivity index (χ2n) is 8.38. The maximum Gasteiger partial charge on any atom is 0.0966 e. The van der Waals surface area contributed by atoms with E-state index in [9.17, 15) is 5.26 Å². The van der Waals surface area contributed by atoms with Crippen LogP contribution in [0.4, 0.5) is 11.4 Å². The first kappa shape index (κ1) is 24.9. The number of allylic oxidation sites excluding steroid dienone is 1. The molecule has 7 nitrogen and oxygen atoms in total. The number of nitriles is 1. The van der Waals surface area contributed by atoms with E-state index < -0.39 is 0 Å². The molecule has 8 heteroatoms. The third-order valence-corrected chi connectivity index (χ3v) is 6.24. The number of anilines is 1. The molecule has 0 fully saturated rings. The van der Waals surface area contributed by atoms with E-state index in [2.05, 4.69) is 56.9 Å². The van der Waals surface area contributed by atoms with Gasteiger partial charge in [0.25, 0.3) is 0 Å². The van der Waals surface area contributed by atoms with Gasteiger partial charge in [-0.05, 0) is 43.8 Å². The van der Waals surface area contributed by atoms with Gasteiger partial charge in [-0.1, -0.05) is 72.3 Å². The zero-order valence-corrected chi connectivity index (χ0v) is 20.9. The minimum absolute atomic E-state index is 0.0559. The summed E-state index contributed by atoms with van der Waals surface area (Å²) in [5.74, 6) is 0. The maximum absolute atomic E-state index is 9.82. The van der Waals surface area contributed by atoms with E-state index in [1.165, 1.54) is 0 Å². The summed E-state index contributed by atoms with van der Waals surface area (Å²) in [4.78, 5) is 4.21. The van der Waals surface area contributed by atoms with E-state index in [4.69, 9.17) is 11.6 Å². The number of nitrogens with one attached hydrogen (secondary N) is 5. The Balaban J connectivity index is 1.76. The van der Waals surface area contributed by atoms with Gasteiger partial charge in [-0.25, -0.2) is 0 Å². The van der Waals surface area contributed by atoms with Crippen LogP contribution in [0.2, 0.25) is 5.02 Å². The van der Waals surface area contributed by atoms with Crippen LogP contribution >= 0.6 is 11.6 Å². The van der Waals surface area contributed by atoms with Gasteiger partial charge >= 0.3 is 0 Å². The predicted molar refractivity (Wildman–Crippen MR) is 147 cm³/mol. The molecule has 3 aromatic carbocycles. The van der Waals surface area contributed by atoms with Gasteiger partial charge < -0.3 is 21.5 Å². The molecule has 0 amide bonds. The molecule has 0 spiro atoms. The summed E-state index contributed by atoms with van der Waals surface area (Å²) in [7, 11) is 0. The zero-order chi connectivity index (χ0) is 25.5.